The Balaban J connectivity index is 1.50. The van der Waals surface area contributed by atoms with Crippen molar-refractivity contribution in [2.45, 2.75) is 26.7 Å². The number of ketones is 1. The van der Waals surface area contributed by atoms with Crippen LogP contribution in [-0.4, -0.2) is 16.7 Å². The number of hydrogen-bond donors (Lipinski definition) is 1. The van der Waals surface area contributed by atoms with Crippen molar-refractivity contribution >= 4 is 39.8 Å². The number of carbonyl (C=O) groups is 2. The molecule has 0 bridgehead atoms. The van der Waals surface area contributed by atoms with Crippen LogP contribution in [0.4, 0.5) is 5.13 Å². The normalized spacial score (nSPS) is 10.8. The molecule has 0 aliphatic carbocycles. The zero-order valence-electron chi connectivity index (χ0n) is 18.4. The molecule has 0 radical (unpaired) electrons. The number of thiazole rings is 1. The summed E-state index contributed by atoms with van der Waals surface area (Å²) >= 11 is 7.46. The van der Waals surface area contributed by atoms with E-state index in [1.165, 1.54) is 11.3 Å². The van der Waals surface area contributed by atoms with Gasteiger partial charge in [-0.05, 0) is 48.7 Å². The first kappa shape index (κ1) is 22.9. The van der Waals surface area contributed by atoms with Crippen molar-refractivity contribution in [1.82, 2.24) is 4.98 Å². The topological polar surface area (TPSA) is 59.1 Å². The Morgan fingerprint density at radius 1 is 0.879 bits per heavy atom. The number of aryl methyl sites for hydroxylation is 2. The van der Waals surface area contributed by atoms with Crippen molar-refractivity contribution in [3.63, 3.8) is 0 Å². The van der Waals surface area contributed by atoms with Crippen LogP contribution in [0.15, 0.2) is 72.8 Å². The molecule has 0 fully saturated rings. The minimum absolute atomic E-state index is 0.0424. The molecule has 0 atom stereocenters. The molecule has 166 valence electrons. The summed E-state index contributed by atoms with van der Waals surface area (Å²) in [6.45, 7) is 3.98. The third-order valence-corrected chi connectivity index (χ3v) is 6.71. The van der Waals surface area contributed by atoms with Crippen LogP contribution >= 0.6 is 22.9 Å². The molecule has 1 heterocycles. The molecular formula is C27H23ClN2O2S. The number of carbonyl (C=O) groups excluding carboxylic acids is 2. The van der Waals surface area contributed by atoms with Gasteiger partial charge in [-0.25, -0.2) is 4.98 Å². The maximum Gasteiger partial charge on any atom is 0.226 e. The number of anilines is 1. The number of halogens is 1. The minimum Gasteiger partial charge on any atom is -0.302 e. The van der Waals surface area contributed by atoms with Gasteiger partial charge in [-0.3, -0.25) is 9.59 Å². The van der Waals surface area contributed by atoms with Gasteiger partial charge < -0.3 is 5.32 Å². The second-order valence-electron chi connectivity index (χ2n) is 7.84. The van der Waals surface area contributed by atoms with Gasteiger partial charge in [0.2, 0.25) is 5.91 Å². The molecule has 1 amide bonds. The lowest BCUT2D eigenvalue weighted by molar-refractivity contribution is -0.116. The Labute approximate surface area is 202 Å². The van der Waals surface area contributed by atoms with Gasteiger partial charge in [0.05, 0.1) is 10.6 Å². The van der Waals surface area contributed by atoms with Crippen LogP contribution in [-0.2, 0) is 4.79 Å². The highest BCUT2D eigenvalue weighted by Gasteiger charge is 2.17. The van der Waals surface area contributed by atoms with E-state index in [-0.39, 0.29) is 24.5 Å². The summed E-state index contributed by atoms with van der Waals surface area (Å²) in [6.07, 6.45) is 0.248. The maximum absolute atomic E-state index is 12.6. The number of nitrogens with one attached hydrogen (secondary N) is 1. The molecule has 6 heteroatoms. The molecule has 0 saturated heterocycles. The van der Waals surface area contributed by atoms with Gasteiger partial charge in [0.25, 0.3) is 0 Å². The molecule has 0 aliphatic heterocycles. The van der Waals surface area contributed by atoms with Crippen LogP contribution in [0.1, 0.15) is 34.3 Å². The number of hydrogen-bond acceptors (Lipinski definition) is 4. The summed E-state index contributed by atoms with van der Waals surface area (Å²) in [5.41, 5.74) is 5.57. The summed E-state index contributed by atoms with van der Waals surface area (Å²) < 4.78 is 0. The molecule has 4 aromatic rings. The molecule has 0 aliphatic rings. The summed E-state index contributed by atoms with van der Waals surface area (Å²) in [5.74, 6) is -0.276. The number of nitrogens with zero attached hydrogens (tertiary/aromatic N) is 1. The summed E-state index contributed by atoms with van der Waals surface area (Å²) in [4.78, 5) is 30.7. The third-order valence-electron chi connectivity index (χ3n) is 5.44. The highest BCUT2D eigenvalue weighted by atomic mass is 35.5. The van der Waals surface area contributed by atoms with Gasteiger partial charge in [-0.1, -0.05) is 77.5 Å². The fourth-order valence-corrected chi connectivity index (χ4v) is 4.57. The quantitative estimate of drug-likeness (QED) is 0.285. The molecular weight excluding hydrogens is 452 g/mol. The number of Topliss-reactive ketones (excluding diaryl/α,β-unsaturated/α-hetero) is 1. The van der Waals surface area contributed by atoms with Crippen LogP contribution < -0.4 is 5.32 Å². The van der Waals surface area contributed by atoms with Gasteiger partial charge in [-0.2, -0.15) is 0 Å². The first-order valence-corrected chi connectivity index (χ1v) is 11.8. The van der Waals surface area contributed by atoms with Gasteiger partial charge in [0, 0.05) is 29.0 Å². The predicted octanol–water partition coefficient (Wildman–Crippen LogP) is 7.35. The Hall–Kier alpha value is -3.28. The zero-order chi connectivity index (χ0) is 23.4. The minimum atomic E-state index is -0.233. The number of amides is 1. The van der Waals surface area contributed by atoms with E-state index in [9.17, 15) is 9.59 Å². The Morgan fingerprint density at radius 3 is 2.30 bits per heavy atom. The van der Waals surface area contributed by atoms with E-state index in [1.807, 2.05) is 86.6 Å². The van der Waals surface area contributed by atoms with Crippen molar-refractivity contribution in [2.75, 3.05) is 5.32 Å². The average Bonchev–Trinajstić information content (AvgIpc) is 3.24. The highest BCUT2D eigenvalue weighted by Crippen LogP contribution is 2.39. The summed E-state index contributed by atoms with van der Waals surface area (Å²) in [6, 6.07) is 23.0. The average molecular weight is 475 g/mol. The largest absolute Gasteiger partial charge is 0.302 e. The van der Waals surface area contributed by atoms with Crippen LogP contribution in [0.3, 0.4) is 0 Å². The van der Waals surface area contributed by atoms with E-state index in [2.05, 4.69) is 5.32 Å². The van der Waals surface area contributed by atoms with Crippen molar-refractivity contribution in [1.29, 1.82) is 0 Å². The van der Waals surface area contributed by atoms with E-state index in [0.717, 1.165) is 32.8 Å². The zero-order valence-corrected chi connectivity index (χ0v) is 20.0. The Kier molecular flexibility index (Phi) is 7.02. The second kappa shape index (κ2) is 10.1. The number of aromatic nitrogens is 1. The van der Waals surface area contributed by atoms with Crippen molar-refractivity contribution in [3.05, 3.63) is 94.5 Å². The lowest BCUT2D eigenvalue weighted by Gasteiger charge is -2.05. The van der Waals surface area contributed by atoms with Gasteiger partial charge in [0.1, 0.15) is 0 Å². The lowest BCUT2D eigenvalue weighted by Crippen LogP contribution is -2.13. The fraction of sp³-hybridized carbons (Fsp3) is 0.148. The number of benzene rings is 3. The van der Waals surface area contributed by atoms with Gasteiger partial charge >= 0.3 is 0 Å². The van der Waals surface area contributed by atoms with E-state index in [0.29, 0.717) is 15.7 Å². The SMILES string of the molecule is Cc1ccc(C(=O)CCC(=O)Nc2nc(-c3ccccc3)c(-c3ccc(Cl)cc3)s2)cc1C. The number of rotatable bonds is 7. The van der Waals surface area contributed by atoms with Crippen molar-refractivity contribution in [3.8, 4) is 21.7 Å². The molecule has 1 N–H and O–H groups in total. The summed E-state index contributed by atoms with van der Waals surface area (Å²) in [5, 5.41) is 4.03. The summed E-state index contributed by atoms with van der Waals surface area (Å²) in [7, 11) is 0. The van der Waals surface area contributed by atoms with E-state index in [4.69, 9.17) is 16.6 Å². The standard InChI is InChI=1S/C27H23ClN2O2S/c1-17-8-9-21(16-18(17)2)23(31)14-15-24(32)29-27-30-25(19-6-4-3-5-7-19)26(33-27)20-10-12-22(28)13-11-20/h3-13,16H,14-15H2,1-2H3,(H,29,30,32). The molecule has 1 aromatic heterocycles. The molecule has 4 rings (SSSR count). The van der Waals surface area contributed by atoms with Gasteiger partial charge in [-0.15, -0.1) is 0 Å². The van der Waals surface area contributed by atoms with Gasteiger partial charge in [0.15, 0.2) is 10.9 Å². The van der Waals surface area contributed by atoms with Crippen LogP contribution in [0.25, 0.3) is 21.7 Å². The first-order valence-electron chi connectivity index (χ1n) is 10.6. The maximum atomic E-state index is 12.6. The van der Waals surface area contributed by atoms with Crippen molar-refractivity contribution < 1.29 is 9.59 Å². The van der Waals surface area contributed by atoms with Crippen LogP contribution in [0, 0.1) is 13.8 Å². The highest BCUT2D eigenvalue weighted by molar-refractivity contribution is 7.19. The monoisotopic (exact) mass is 474 g/mol. The van der Waals surface area contributed by atoms with Crippen LogP contribution in [0.5, 0.6) is 0 Å². The Bertz CT molecular complexity index is 1300. The van der Waals surface area contributed by atoms with E-state index in [1.54, 1.807) is 0 Å². The van der Waals surface area contributed by atoms with Crippen LogP contribution in [0.2, 0.25) is 5.02 Å². The fourth-order valence-electron chi connectivity index (χ4n) is 3.43. The molecule has 3 aromatic carbocycles. The Morgan fingerprint density at radius 2 is 1.61 bits per heavy atom. The van der Waals surface area contributed by atoms with E-state index < -0.39 is 0 Å². The van der Waals surface area contributed by atoms with E-state index >= 15 is 0 Å². The second-order valence-corrected chi connectivity index (χ2v) is 9.28. The molecule has 4 nitrogen and oxygen atoms in total. The molecule has 0 spiro atoms. The smallest absolute Gasteiger partial charge is 0.226 e. The molecule has 33 heavy (non-hydrogen) atoms. The van der Waals surface area contributed by atoms with Crippen molar-refractivity contribution in [2.24, 2.45) is 0 Å². The predicted molar refractivity (Wildman–Crippen MR) is 136 cm³/mol. The lowest BCUT2D eigenvalue weighted by atomic mass is 10.0. The molecule has 0 saturated carbocycles. The third kappa shape index (κ3) is 5.56. The molecule has 0 unspecified atom stereocenters. The first-order chi connectivity index (χ1) is 15.9.